The second kappa shape index (κ2) is 6.16. The van der Waals surface area contributed by atoms with Gasteiger partial charge in [0.05, 0.1) is 19.9 Å². The number of methoxy groups -OCH3 is 2. The van der Waals surface area contributed by atoms with Gasteiger partial charge in [-0.3, -0.25) is 9.10 Å². The number of hydrogen-bond acceptors (Lipinski definition) is 5. The van der Waals surface area contributed by atoms with Crippen LogP contribution in [0.1, 0.15) is 6.42 Å². The lowest BCUT2D eigenvalue weighted by atomic mass is 10.2. The zero-order valence-corrected chi connectivity index (χ0v) is 15.8. The lowest BCUT2D eigenvalue weighted by Crippen LogP contribution is -2.42. The maximum Gasteiger partial charge on any atom is 0.250 e. The third-order valence-corrected chi connectivity index (χ3v) is 7.80. The molecule has 7 nitrogen and oxygen atoms in total. The van der Waals surface area contributed by atoms with Crippen molar-refractivity contribution in [2.75, 3.05) is 30.4 Å². The summed E-state index contributed by atoms with van der Waals surface area (Å²) in [5.41, 5.74) is 1.05. The van der Waals surface area contributed by atoms with Gasteiger partial charge in [0, 0.05) is 24.2 Å². The van der Waals surface area contributed by atoms with E-state index in [1.54, 1.807) is 42.5 Å². The molecule has 27 heavy (non-hydrogen) atoms. The SMILES string of the molecule is COc1ccc(NC(=O)[C@]23C[C@@H]2CN(c2ccccc2)S3(=O)=O)cc1OC. The van der Waals surface area contributed by atoms with Crippen LogP contribution in [-0.2, 0) is 14.8 Å². The van der Waals surface area contributed by atoms with Crippen LogP contribution >= 0.6 is 0 Å². The molecular formula is C19H20N2O5S. The Bertz CT molecular complexity index is 992. The van der Waals surface area contributed by atoms with Gasteiger partial charge in [0.15, 0.2) is 16.2 Å². The van der Waals surface area contributed by atoms with Crippen molar-refractivity contribution in [3.05, 3.63) is 48.5 Å². The summed E-state index contributed by atoms with van der Waals surface area (Å²) in [4.78, 5) is 12.9. The van der Waals surface area contributed by atoms with Crippen molar-refractivity contribution in [1.29, 1.82) is 0 Å². The number of benzene rings is 2. The number of rotatable bonds is 5. The highest BCUT2D eigenvalue weighted by Gasteiger charge is 2.75. The van der Waals surface area contributed by atoms with Crippen molar-refractivity contribution in [3.63, 3.8) is 0 Å². The van der Waals surface area contributed by atoms with E-state index in [4.69, 9.17) is 9.47 Å². The number of ether oxygens (including phenoxy) is 2. The molecule has 0 spiro atoms. The predicted molar refractivity (Wildman–Crippen MR) is 102 cm³/mol. The lowest BCUT2D eigenvalue weighted by Gasteiger charge is -2.23. The number of hydrogen-bond donors (Lipinski definition) is 1. The Morgan fingerprint density at radius 3 is 2.48 bits per heavy atom. The first-order valence-corrected chi connectivity index (χ1v) is 9.99. The van der Waals surface area contributed by atoms with E-state index in [0.717, 1.165) is 0 Å². The molecule has 4 rings (SSSR count). The van der Waals surface area contributed by atoms with Gasteiger partial charge in [-0.25, -0.2) is 8.42 Å². The summed E-state index contributed by atoms with van der Waals surface area (Å²) in [7, 11) is -0.770. The summed E-state index contributed by atoms with van der Waals surface area (Å²) in [6.45, 7) is 0.325. The highest BCUT2D eigenvalue weighted by atomic mass is 32.2. The van der Waals surface area contributed by atoms with E-state index in [9.17, 15) is 13.2 Å². The Labute approximate surface area is 157 Å². The molecule has 1 aliphatic carbocycles. The normalized spacial score (nSPS) is 24.8. The summed E-state index contributed by atoms with van der Waals surface area (Å²) in [6.07, 6.45) is 0.345. The smallest absolute Gasteiger partial charge is 0.250 e. The first-order valence-electron chi connectivity index (χ1n) is 8.55. The molecule has 1 heterocycles. The van der Waals surface area contributed by atoms with Crippen LogP contribution in [0.4, 0.5) is 11.4 Å². The van der Waals surface area contributed by atoms with Crippen LogP contribution in [-0.4, -0.2) is 39.8 Å². The van der Waals surface area contributed by atoms with Crippen LogP contribution in [0.5, 0.6) is 11.5 Å². The average Bonchev–Trinajstić information content (AvgIpc) is 3.37. The molecule has 2 atom stereocenters. The minimum Gasteiger partial charge on any atom is -0.493 e. The summed E-state index contributed by atoms with van der Waals surface area (Å²) in [5, 5.41) is 2.74. The largest absolute Gasteiger partial charge is 0.493 e. The van der Waals surface area contributed by atoms with Crippen LogP contribution in [0.25, 0.3) is 0 Å². The van der Waals surface area contributed by atoms with Gasteiger partial charge in [0.2, 0.25) is 15.9 Å². The average molecular weight is 388 g/mol. The van der Waals surface area contributed by atoms with Crippen molar-refractivity contribution in [2.24, 2.45) is 5.92 Å². The fourth-order valence-electron chi connectivity index (χ4n) is 3.71. The van der Waals surface area contributed by atoms with Crippen molar-refractivity contribution in [3.8, 4) is 11.5 Å². The molecule has 8 heteroatoms. The summed E-state index contributed by atoms with van der Waals surface area (Å²) < 4.78 is 36.6. The van der Waals surface area contributed by atoms with E-state index >= 15 is 0 Å². The van der Waals surface area contributed by atoms with E-state index in [0.29, 0.717) is 35.8 Å². The molecule has 2 aliphatic rings. The number of anilines is 2. The lowest BCUT2D eigenvalue weighted by molar-refractivity contribution is -0.116. The van der Waals surface area contributed by atoms with Gasteiger partial charge in [0.1, 0.15) is 0 Å². The zero-order chi connectivity index (χ0) is 19.2. The minimum absolute atomic E-state index is 0.206. The summed E-state index contributed by atoms with van der Waals surface area (Å²) >= 11 is 0. The maximum absolute atomic E-state index is 13.1. The minimum atomic E-state index is -3.79. The topological polar surface area (TPSA) is 84.9 Å². The Morgan fingerprint density at radius 2 is 1.81 bits per heavy atom. The van der Waals surface area contributed by atoms with Crippen LogP contribution in [0.3, 0.4) is 0 Å². The van der Waals surface area contributed by atoms with E-state index in [-0.39, 0.29) is 5.92 Å². The number of nitrogens with zero attached hydrogens (tertiary/aromatic N) is 1. The number of carbonyl (C=O) groups excluding carboxylic acids is 1. The molecule has 2 aromatic carbocycles. The third-order valence-electron chi connectivity index (χ3n) is 5.26. The molecule has 0 aromatic heterocycles. The molecule has 142 valence electrons. The van der Waals surface area contributed by atoms with E-state index in [1.807, 2.05) is 6.07 Å². The van der Waals surface area contributed by atoms with E-state index in [1.165, 1.54) is 18.5 Å². The van der Waals surface area contributed by atoms with Gasteiger partial charge >= 0.3 is 0 Å². The number of sulfonamides is 1. The monoisotopic (exact) mass is 388 g/mol. The quantitative estimate of drug-likeness (QED) is 0.849. The third kappa shape index (κ3) is 2.55. The van der Waals surface area contributed by atoms with Gasteiger partial charge in [-0.15, -0.1) is 0 Å². The maximum atomic E-state index is 13.1. The predicted octanol–water partition coefficient (Wildman–Crippen LogP) is 2.25. The Hall–Kier alpha value is -2.74. The molecule has 1 N–H and O–H groups in total. The zero-order valence-electron chi connectivity index (χ0n) is 15.0. The van der Waals surface area contributed by atoms with Crippen molar-refractivity contribution in [1.82, 2.24) is 0 Å². The number of nitrogens with one attached hydrogen (secondary N) is 1. The molecule has 1 amide bonds. The highest BCUT2D eigenvalue weighted by Crippen LogP contribution is 2.58. The molecule has 0 radical (unpaired) electrons. The second-order valence-corrected chi connectivity index (χ2v) is 8.81. The first kappa shape index (κ1) is 17.7. The Morgan fingerprint density at radius 1 is 1.11 bits per heavy atom. The van der Waals surface area contributed by atoms with Crippen molar-refractivity contribution < 1.29 is 22.7 Å². The molecule has 1 aliphatic heterocycles. The fourth-order valence-corrected chi connectivity index (χ4v) is 6.08. The first-order chi connectivity index (χ1) is 12.9. The molecule has 1 saturated heterocycles. The van der Waals surface area contributed by atoms with Crippen LogP contribution < -0.4 is 19.1 Å². The standard InChI is InChI=1S/C19H20N2O5S/c1-25-16-9-8-14(10-17(16)26-2)20-18(22)19-11-13(19)12-21(27(19,23)24)15-6-4-3-5-7-15/h3-10,13H,11-12H2,1-2H3,(H,20,22)/t13-,19+/m1/s1. The van der Waals surface area contributed by atoms with E-state index in [2.05, 4.69) is 5.32 Å². The number of fused-ring (bicyclic) bond motifs is 1. The molecule has 1 saturated carbocycles. The van der Waals surface area contributed by atoms with Crippen molar-refractivity contribution in [2.45, 2.75) is 11.2 Å². The molecular weight excluding hydrogens is 368 g/mol. The molecule has 2 aromatic rings. The molecule has 0 unspecified atom stereocenters. The van der Waals surface area contributed by atoms with Gasteiger partial charge in [0.25, 0.3) is 0 Å². The van der Waals surface area contributed by atoms with Gasteiger partial charge in [-0.2, -0.15) is 0 Å². The molecule has 2 fully saturated rings. The summed E-state index contributed by atoms with van der Waals surface area (Å²) in [6, 6.07) is 13.8. The van der Waals surface area contributed by atoms with Gasteiger partial charge in [-0.1, -0.05) is 18.2 Å². The summed E-state index contributed by atoms with van der Waals surface area (Å²) in [5.74, 6) is 0.281. The fraction of sp³-hybridized carbons (Fsp3) is 0.316. The van der Waals surface area contributed by atoms with Gasteiger partial charge < -0.3 is 14.8 Å². The van der Waals surface area contributed by atoms with Crippen LogP contribution in [0, 0.1) is 5.92 Å². The number of para-hydroxylation sites is 1. The number of carbonyl (C=O) groups is 1. The Kier molecular flexibility index (Phi) is 4.03. The van der Waals surface area contributed by atoms with Crippen LogP contribution in [0.15, 0.2) is 48.5 Å². The Balaban J connectivity index is 1.60. The molecule has 0 bridgehead atoms. The van der Waals surface area contributed by atoms with Crippen molar-refractivity contribution >= 4 is 27.3 Å². The van der Waals surface area contributed by atoms with Gasteiger partial charge in [-0.05, 0) is 30.7 Å². The van der Waals surface area contributed by atoms with Crippen LogP contribution in [0.2, 0.25) is 0 Å². The highest BCUT2D eigenvalue weighted by molar-refractivity contribution is 7.95. The second-order valence-electron chi connectivity index (χ2n) is 6.69. The number of amides is 1. The van der Waals surface area contributed by atoms with E-state index < -0.39 is 20.7 Å².